The van der Waals surface area contributed by atoms with Crippen LogP contribution in [0.3, 0.4) is 0 Å². The van der Waals surface area contributed by atoms with Gasteiger partial charge in [0.1, 0.15) is 5.75 Å². The van der Waals surface area contributed by atoms with Crippen molar-refractivity contribution in [1.29, 1.82) is 0 Å². The molecule has 1 rings (SSSR count). The second-order valence-electron chi connectivity index (χ2n) is 4.02. The Labute approximate surface area is 103 Å². The van der Waals surface area contributed by atoms with E-state index in [2.05, 4.69) is 5.32 Å². The molecule has 0 heterocycles. The van der Waals surface area contributed by atoms with Crippen molar-refractivity contribution in [2.45, 2.75) is 13.0 Å². The summed E-state index contributed by atoms with van der Waals surface area (Å²) in [5.74, 6) is 0.921. The number of benzene rings is 1. The van der Waals surface area contributed by atoms with Crippen molar-refractivity contribution in [1.82, 2.24) is 10.2 Å². The predicted octanol–water partition coefficient (Wildman–Crippen LogP) is 1.26. The van der Waals surface area contributed by atoms with Gasteiger partial charge in [0, 0.05) is 26.2 Å². The zero-order chi connectivity index (χ0) is 12.7. The SMILES string of the molecule is CNCc1ccccc1OCCC(=O)N(C)C. The quantitative estimate of drug-likeness (QED) is 0.808. The second kappa shape index (κ2) is 6.91. The van der Waals surface area contributed by atoms with Crippen LogP contribution in [0, 0.1) is 0 Å². The van der Waals surface area contributed by atoms with E-state index < -0.39 is 0 Å². The Morgan fingerprint density at radius 2 is 2.06 bits per heavy atom. The smallest absolute Gasteiger partial charge is 0.225 e. The summed E-state index contributed by atoms with van der Waals surface area (Å²) in [6.45, 7) is 1.18. The van der Waals surface area contributed by atoms with E-state index in [0.717, 1.165) is 17.9 Å². The molecule has 0 aliphatic rings. The highest BCUT2D eigenvalue weighted by atomic mass is 16.5. The number of hydrogen-bond acceptors (Lipinski definition) is 3. The molecule has 0 bridgehead atoms. The predicted molar refractivity (Wildman–Crippen MR) is 68.0 cm³/mol. The van der Waals surface area contributed by atoms with Gasteiger partial charge >= 0.3 is 0 Å². The van der Waals surface area contributed by atoms with Gasteiger partial charge in [-0.2, -0.15) is 0 Å². The minimum Gasteiger partial charge on any atom is -0.493 e. The molecule has 4 nitrogen and oxygen atoms in total. The van der Waals surface area contributed by atoms with Crippen molar-refractivity contribution in [3.8, 4) is 5.75 Å². The molecule has 17 heavy (non-hydrogen) atoms. The van der Waals surface area contributed by atoms with Gasteiger partial charge in [0.15, 0.2) is 0 Å². The molecule has 0 aromatic heterocycles. The highest BCUT2D eigenvalue weighted by molar-refractivity contribution is 5.75. The molecule has 0 saturated heterocycles. The largest absolute Gasteiger partial charge is 0.493 e. The van der Waals surface area contributed by atoms with Gasteiger partial charge in [-0.15, -0.1) is 0 Å². The number of nitrogens with zero attached hydrogens (tertiary/aromatic N) is 1. The van der Waals surface area contributed by atoms with Crippen molar-refractivity contribution in [2.75, 3.05) is 27.7 Å². The first kappa shape index (κ1) is 13.5. The lowest BCUT2D eigenvalue weighted by Gasteiger charge is -2.13. The van der Waals surface area contributed by atoms with Crippen molar-refractivity contribution in [3.63, 3.8) is 0 Å². The molecule has 0 unspecified atom stereocenters. The van der Waals surface area contributed by atoms with Crippen LogP contribution in [0.15, 0.2) is 24.3 Å². The highest BCUT2D eigenvalue weighted by Crippen LogP contribution is 2.17. The Morgan fingerprint density at radius 1 is 1.35 bits per heavy atom. The molecule has 1 aromatic carbocycles. The molecule has 1 aromatic rings. The third-order valence-corrected chi connectivity index (χ3v) is 2.41. The third kappa shape index (κ3) is 4.44. The van der Waals surface area contributed by atoms with Gasteiger partial charge in [0.2, 0.25) is 5.91 Å². The maximum atomic E-state index is 11.4. The molecule has 4 heteroatoms. The van der Waals surface area contributed by atoms with E-state index in [4.69, 9.17) is 4.74 Å². The average molecular weight is 236 g/mol. The first-order valence-electron chi connectivity index (χ1n) is 5.70. The van der Waals surface area contributed by atoms with Crippen LogP contribution < -0.4 is 10.1 Å². The van der Waals surface area contributed by atoms with Gasteiger partial charge in [-0.3, -0.25) is 4.79 Å². The fraction of sp³-hybridized carbons (Fsp3) is 0.462. The molecule has 0 fully saturated rings. The zero-order valence-corrected chi connectivity index (χ0v) is 10.7. The molecule has 94 valence electrons. The monoisotopic (exact) mass is 236 g/mol. The Bertz CT molecular complexity index is 364. The van der Waals surface area contributed by atoms with Crippen molar-refractivity contribution >= 4 is 5.91 Å². The Morgan fingerprint density at radius 3 is 2.71 bits per heavy atom. The van der Waals surface area contributed by atoms with Gasteiger partial charge in [0.25, 0.3) is 0 Å². The van der Waals surface area contributed by atoms with Gasteiger partial charge in [-0.05, 0) is 13.1 Å². The number of nitrogens with one attached hydrogen (secondary N) is 1. The zero-order valence-electron chi connectivity index (χ0n) is 10.7. The summed E-state index contributed by atoms with van der Waals surface area (Å²) in [5, 5.41) is 3.09. The molecule has 0 spiro atoms. The van der Waals surface area contributed by atoms with Crippen LogP contribution >= 0.6 is 0 Å². The number of hydrogen-bond donors (Lipinski definition) is 1. The van der Waals surface area contributed by atoms with E-state index in [1.807, 2.05) is 31.3 Å². The standard InChI is InChI=1S/C13H20N2O2/c1-14-10-11-6-4-5-7-12(11)17-9-8-13(16)15(2)3/h4-7,14H,8-10H2,1-3H3. The summed E-state index contributed by atoms with van der Waals surface area (Å²) in [5.41, 5.74) is 1.10. The van der Waals surface area contributed by atoms with E-state index in [1.54, 1.807) is 19.0 Å². The van der Waals surface area contributed by atoms with Crippen LogP contribution in [-0.2, 0) is 11.3 Å². The molecule has 1 amide bonds. The molecule has 0 saturated carbocycles. The van der Waals surface area contributed by atoms with Crippen LogP contribution in [0.1, 0.15) is 12.0 Å². The summed E-state index contributed by atoms with van der Waals surface area (Å²) < 4.78 is 5.62. The highest BCUT2D eigenvalue weighted by Gasteiger charge is 2.05. The van der Waals surface area contributed by atoms with Crippen LogP contribution in [0.5, 0.6) is 5.75 Å². The maximum absolute atomic E-state index is 11.4. The molecular weight excluding hydrogens is 216 g/mol. The van der Waals surface area contributed by atoms with Gasteiger partial charge in [-0.25, -0.2) is 0 Å². The van der Waals surface area contributed by atoms with Crippen molar-refractivity contribution in [2.24, 2.45) is 0 Å². The molecular formula is C13H20N2O2. The average Bonchev–Trinajstić information content (AvgIpc) is 2.31. The van der Waals surface area contributed by atoms with Crippen LogP contribution in [0.25, 0.3) is 0 Å². The number of ether oxygens (including phenoxy) is 1. The Hall–Kier alpha value is -1.55. The number of rotatable bonds is 6. The summed E-state index contributed by atoms with van der Waals surface area (Å²) >= 11 is 0. The van der Waals surface area contributed by atoms with Crippen LogP contribution in [-0.4, -0.2) is 38.6 Å². The first-order chi connectivity index (χ1) is 8.15. The van der Waals surface area contributed by atoms with E-state index in [9.17, 15) is 4.79 Å². The minimum absolute atomic E-state index is 0.0797. The first-order valence-corrected chi connectivity index (χ1v) is 5.70. The number of amides is 1. The van der Waals surface area contributed by atoms with Crippen molar-refractivity contribution < 1.29 is 9.53 Å². The lowest BCUT2D eigenvalue weighted by molar-refractivity contribution is -0.129. The molecule has 0 radical (unpaired) electrons. The number of para-hydroxylation sites is 1. The molecule has 1 N–H and O–H groups in total. The fourth-order valence-corrected chi connectivity index (χ4v) is 1.45. The van der Waals surface area contributed by atoms with E-state index in [-0.39, 0.29) is 5.91 Å². The summed E-state index contributed by atoms with van der Waals surface area (Å²) in [7, 11) is 5.39. The summed E-state index contributed by atoms with van der Waals surface area (Å²) in [6.07, 6.45) is 0.404. The second-order valence-corrected chi connectivity index (χ2v) is 4.02. The molecule has 0 aliphatic heterocycles. The normalized spacial score (nSPS) is 10.1. The van der Waals surface area contributed by atoms with Crippen LogP contribution in [0.2, 0.25) is 0 Å². The lowest BCUT2D eigenvalue weighted by atomic mass is 10.2. The van der Waals surface area contributed by atoms with Gasteiger partial charge < -0.3 is 15.0 Å². The minimum atomic E-state index is 0.0797. The fourth-order valence-electron chi connectivity index (χ4n) is 1.45. The molecule has 0 aliphatic carbocycles. The third-order valence-electron chi connectivity index (χ3n) is 2.41. The van der Waals surface area contributed by atoms with Gasteiger partial charge in [0.05, 0.1) is 13.0 Å². The molecule has 0 atom stereocenters. The van der Waals surface area contributed by atoms with E-state index in [0.29, 0.717) is 13.0 Å². The number of carbonyl (C=O) groups excluding carboxylic acids is 1. The Balaban J connectivity index is 2.48. The summed E-state index contributed by atoms with van der Waals surface area (Å²) in [4.78, 5) is 12.9. The topological polar surface area (TPSA) is 41.6 Å². The van der Waals surface area contributed by atoms with E-state index >= 15 is 0 Å². The Kier molecular flexibility index (Phi) is 5.49. The van der Waals surface area contributed by atoms with Crippen LogP contribution in [0.4, 0.5) is 0 Å². The van der Waals surface area contributed by atoms with Gasteiger partial charge in [-0.1, -0.05) is 18.2 Å². The van der Waals surface area contributed by atoms with E-state index in [1.165, 1.54) is 0 Å². The van der Waals surface area contributed by atoms with Crippen molar-refractivity contribution in [3.05, 3.63) is 29.8 Å². The maximum Gasteiger partial charge on any atom is 0.225 e. The lowest BCUT2D eigenvalue weighted by Crippen LogP contribution is -2.23. The summed E-state index contributed by atoms with van der Waals surface area (Å²) in [6, 6.07) is 7.85. The number of carbonyl (C=O) groups is 1.